The molecule has 1 aromatic heterocycles. The number of nitrogens with zero attached hydrogens (tertiary/aromatic N) is 3. The van der Waals surface area contributed by atoms with Crippen LogP contribution in [-0.4, -0.2) is 34.0 Å². The van der Waals surface area contributed by atoms with Gasteiger partial charge in [0.2, 0.25) is 17.6 Å². The first kappa shape index (κ1) is 16.0. The third-order valence-corrected chi connectivity index (χ3v) is 4.42. The summed E-state index contributed by atoms with van der Waals surface area (Å²) in [5, 5.41) is 4.71. The lowest BCUT2D eigenvalue weighted by atomic mass is 9.96. The minimum atomic E-state index is 0.223. The Hall–Kier alpha value is -1.88. The first-order chi connectivity index (χ1) is 11.2. The van der Waals surface area contributed by atoms with Gasteiger partial charge in [-0.1, -0.05) is 35.8 Å². The van der Waals surface area contributed by atoms with Crippen LogP contribution in [0, 0.1) is 0 Å². The minimum Gasteiger partial charge on any atom is -0.343 e. The van der Waals surface area contributed by atoms with Crippen molar-refractivity contribution in [2.45, 2.75) is 38.5 Å². The fourth-order valence-electron chi connectivity index (χ4n) is 2.89. The Kier molecular flexibility index (Phi) is 4.96. The maximum atomic E-state index is 11.9. The highest BCUT2D eigenvalue weighted by atomic mass is 35.5. The first-order valence-corrected chi connectivity index (χ1v) is 8.42. The van der Waals surface area contributed by atoms with Gasteiger partial charge in [0.05, 0.1) is 0 Å². The van der Waals surface area contributed by atoms with Gasteiger partial charge in [-0.25, -0.2) is 0 Å². The summed E-state index contributed by atoms with van der Waals surface area (Å²) in [6.07, 6.45) is 3.26. The molecule has 122 valence electrons. The molecule has 5 nitrogen and oxygen atoms in total. The molecule has 1 aliphatic heterocycles. The number of hydrogen-bond donors (Lipinski definition) is 0. The first-order valence-electron chi connectivity index (χ1n) is 8.04. The van der Waals surface area contributed by atoms with Crippen LogP contribution in [0.1, 0.15) is 44.4 Å². The van der Waals surface area contributed by atoms with Crippen LogP contribution < -0.4 is 0 Å². The molecule has 6 heteroatoms. The second kappa shape index (κ2) is 7.13. The van der Waals surface area contributed by atoms with Crippen molar-refractivity contribution in [2.75, 3.05) is 13.1 Å². The summed E-state index contributed by atoms with van der Waals surface area (Å²) in [6, 6.07) is 7.41. The van der Waals surface area contributed by atoms with Crippen LogP contribution in [0.25, 0.3) is 11.4 Å². The molecule has 1 amide bonds. The number of hydrogen-bond acceptors (Lipinski definition) is 4. The average molecular weight is 334 g/mol. The number of aromatic nitrogens is 2. The van der Waals surface area contributed by atoms with Crippen molar-refractivity contribution in [1.29, 1.82) is 0 Å². The second-order valence-corrected chi connectivity index (χ2v) is 6.31. The van der Waals surface area contributed by atoms with Crippen LogP contribution >= 0.6 is 11.6 Å². The number of carbonyl (C=O) groups is 1. The lowest BCUT2D eigenvalue weighted by Crippen LogP contribution is -2.37. The van der Waals surface area contributed by atoms with Gasteiger partial charge < -0.3 is 9.42 Å². The molecule has 1 saturated heterocycles. The molecule has 3 rings (SSSR count). The van der Waals surface area contributed by atoms with Crippen molar-refractivity contribution < 1.29 is 9.32 Å². The van der Waals surface area contributed by atoms with Crippen molar-refractivity contribution in [2.24, 2.45) is 0 Å². The predicted molar refractivity (Wildman–Crippen MR) is 88.2 cm³/mol. The van der Waals surface area contributed by atoms with Crippen molar-refractivity contribution >= 4 is 17.5 Å². The van der Waals surface area contributed by atoms with Gasteiger partial charge in [-0.3, -0.25) is 4.79 Å². The molecule has 0 aliphatic carbocycles. The van der Waals surface area contributed by atoms with E-state index in [1.54, 1.807) is 0 Å². The fourth-order valence-corrected chi connectivity index (χ4v) is 3.08. The second-order valence-electron chi connectivity index (χ2n) is 5.87. The zero-order valence-corrected chi connectivity index (χ0v) is 13.9. The topological polar surface area (TPSA) is 59.2 Å². The van der Waals surface area contributed by atoms with Gasteiger partial charge in [0, 0.05) is 36.0 Å². The zero-order valence-electron chi connectivity index (χ0n) is 13.2. The molecule has 0 N–H and O–H groups in total. The molecule has 0 unspecified atom stereocenters. The summed E-state index contributed by atoms with van der Waals surface area (Å²) in [4.78, 5) is 18.4. The van der Waals surface area contributed by atoms with Gasteiger partial charge in [0.1, 0.15) is 0 Å². The van der Waals surface area contributed by atoms with Gasteiger partial charge in [-0.05, 0) is 31.4 Å². The maximum Gasteiger partial charge on any atom is 0.230 e. The molecule has 0 atom stereocenters. The summed E-state index contributed by atoms with van der Waals surface area (Å²) in [5.74, 6) is 1.69. The van der Waals surface area contributed by atoms with Gasteiger partial charge >= 0.3 is 0 Å². The molecule has 1 aliphatic rings. The van der Waals surface area contributed by atoms with Crippen LogP contribution in [0.2, 0.25) is 5.02 Å². The minimum absolute atomic E-state index is 0.223. The third kappa shape index (κ3) is 3.72. The summed E-state index contributed by atoms with van der Waals surface area (Å²) in [7, 11) is 0. The summed E-state index contributed by atoms with van der Waals surface area (Å²) < 4.78 is 5.43. The van der Waals surface area contributed by atoms with E-state index in [0.717, 1.165) is 37.9 Å². The maximum absolute atomic E-state index is 11.9. The number of halogens is 1. The fraction of sp³-hybridized carbons (Fsp3) is 0.471. The van der Waals surface area contributed by atoms with E-state index in [1.165, 1.54) is 0 Å². The van der Waals surface area contributed by atoms with E-state index >= 15 is 0 Å². The summed E-state index contributed by atoms with van der Waals surface area (Å²) >= 11 is 6.00. The lowest BCUT2D eigenvalue weighted by molar-refractivity contribution is -0.132. The Bertz CT molecular complexity index is 678. The molecule has 0 radical (unpaired) electrons. The van der Waals surface area contributed by atoms with Gasteiger partial charge in [-0.2, -0.15) is 4.98 Å². The van der Waals surface area contributed by atoms with Gasteiger partial charge in [-0.15, -0.1) is 0 Å². The highest BCUT2D eigenvalue weighted by Gasteiger charge is 2.27. The summed E-state index contributed by atoms with van der Waals surface area (Å²) in [5.41, 5.74) is 0.850. The Labute approximate surface area is 140 Å². The van der Waals surface area contributed by atoms with Crippen molar-refractivity contribution in [3.05, 3.63) is 35.2 Å². The van der Waals surface area contributed by atoms with E-state index < -0.39 is 0 Å². The van der Waals surface area contributed by atoms with Crippen LogP contribution in [0.5, 0.6) is 0 Å². The van der Waals surface area contributed by atoms with Crippen molar-refractivity contribution in [3.63, 3.8) is 0 Å². The quantitative estimate of drug-likeness (QED) is 0.851. The number of likely N-dealkylation sites (tertiary alicyclic amines) is 1. The van der Waals surface area contributed by atoms with E-state index in [2.05, 4.69) is 10.1 Å². The molecule has 23 heavy (non-hydrogen) atoms. The third-order valence-electron chi connectivity index (χ3n) is 4.19. The molecular formula is C17H20ClN3O2. The van der Waals surface area contributed by atoms with Crippen molar-refractivity contribution in [3.8, 4) is 11.4 Å². The van der Waals surface area contributed by atoms with E-state index in [1.807, 2.05) is 36.1 Å². The van der Waals surface area contributed by atoms with Gasteiger partial charge in [0.15, 0.2) is 0 Å². The van der Waals surface area contributed by atoms with Crippen LogP contribution in [-0.2, 0) is 4.79 Å². The molecule has 2 aromatic rings. The average Bonchev–Trinajstić information content (AvgIpc) is 3.05. The van der Waals surface area contributed by atoms with Crippen LogP contribution in [0.3, 0.4) is 0 Å². The van der Waals surface area contributed by atoms with E-state index in [-0.39, 0.29) is 11.8 Å². The van der Waals surface area contributed by atoms with E-state index in [4.69, 9.17) is 16.1 Å². The number of rotatable bonds is 4. The van der Waals surface area contributed by atoms with E-state index in [9.17, 15) is 4.79 Å². The number of benzene rings is 1. The molecule has 2 heterocycles. The van der Waals surface area contributed by atoms with Crippen LogP contribution in [0.15, 0.2) is 28.8 Å². The molecule has 1 aromatic carbocycles. The molecule has 0 bridgehead atoms. The molecule has 0 saturated carbocycles. The lowest BCUT2D eigenvalue weighted by Gasteiger charge is -2.30. The van der Waals surface area contributed by atoms with Gasteiger partial charge in [0.25, 0.3) is 0 Å². The largest absolute Gasteiger partial charge is 0.343 e. The standard InChI is InChI=1S/C17H20ClN3O2/c1-2-4-15(22)21-9-7-12(8-10-21)17-19-16(20-23-17)13-5-3-6-14(18)11-13/h3,5-6,11-12H,2,4,7-10H2,1H3. The predicted octanol–water partition coefficient (Wildman–Crippen LogP) is 3.90. The Morgan fingerprint density at radius 3 is 2.87 bits per heavy atom. The zero-order chi connectivity index (χ0) is 16.2. The van der Waals surface area contributed by atoms with E-state index in [0.29, 0.717) is 23.2 Å². The highest BCUT2D eigenvalue weighted by Crippen LogP contribution is 2.29. The molecule has 1 fully saturated rings. The number of amides is 1. The molecule has 0 spiro atoms. The van der Waals surface area contributed by atoms with Crippen LogP contribution in [0.4, 0.5) is 0 Å². The monoisotopic (exact) mass is 333 g/mol. The highest BCUT2D eigenvalue weighted by molar-refractivity contribution is 6.30. The number of carbonyl (C=O) groups excluding carboxylic acids is 1. The molecular weight excluding hydrogens is 314 g/mol. The number of piperidine rings is 1. The Morgan fingerprint density at radius 1 is 1.39 bits per heavy atom. The smallest absolute Gasteiger partial charge is 0.230 e. The van der Waals surface area contributed by atoms with Crippen molar-refractivity contribution in [1.82, 2.24) is 15.0 Å². The Balaban J connectivity index is 1.65. The Morgan fingerprint density at radius 2 is 2.17 bits per heavy atom. The normalized spacial score (nSPS) is 15.8. The SMILES string of the molecule is CCCC(=O)N1CCC(c2nc(-c3cccc(Cl)c3)no2)CC1. The summed E-state index contributed by atoms with van der Waals surface area (Å²) in [6.45, 7) is 3.55.